The second-order valence-electron chi connectivity index (χ2n) is 6.67. The lowest BCUT2D eigenvalue weighted by molar-refractivity contribution is -0.120. The van der Waals surface area contributed by atoms with E-state index >= 15 is 0 Å². The SMILES string of the molecule is CCC(=O)NCCN(C(=O)Nc1ccccc1F)c1ccc(Oc2ccccc2)cc1. The number of hydrogen-bond donors (Lipinski definition) is 2. The van der Waals surface area contributed by atoms with Gasteiger partial charge >= 0.3 is 6.03 Å². The minimum Gasteiger partial charge on any atom is -0.457 e. The van der Waals surface area contributed by atoms with Crippen LogP contribution in [0.1, 0.15) is 13.3 Å². The van der Waals surface area contributed by atoms with Crippen LogP contribution in [-0.4, -0.2) is 25.0 Å². The van der Waals surface area contributed by atoms with Gasteiger partial charge in [-0.15, -0.1) is 0 Å². The lowest BCUT2D eigenvalue weighted by Crippen LogP contribution is -2.41. The fourth-order valence-corrected chi connectivity index (χ4v) is 2.84. The second kappa shape index (κ2) is 10.8. The van der Waals surface area contributed by atoms with Gasteiger partial charge in [-0.2, -0.15) is 0 Å². The quantitative estimate of drug-likeness (QED) is 0.526. The maximum atomic E-state index is 14.0. The summed E-state index contributed by atoms with van der Waals surface area (Å²) in [6, 6.07) is 21.8. The lowest BCUT2D eigenvalue weighted by Gasteiger charge is -2.24. The number of anilines is 2. The zero-order valence-corrected chi connectivity index (χ0v) is 17.2. The summed E-state index contributed by atoms with van der Waals surface area (Å²) in [6.45, 7) is 2.23. The first-order valence-corrected chi connectivity index (χ1v) is 9.99. The first kappa shape index (κ1) is 21.8. The Morgan fingerprint density at radius 3 is 2.23 bits per heavy atom. The molecule has 0 aliphatic heterocycles. The summed E-state index contributed by atoms with van der Waals surface area (Å²) in [5.41, 5.74) is 0.666. The van der Waals surface area contributed by atoms with Gasteiger partial charge in [-0.25, -0.2) is 9.18 Å². The molecule has 0 radical (unpaired) electrons. The van der Waals surface area contributed by atoms with Crippen molar-refractivity contribution in [1.29, 1.82) is 0 Å². The molecule has 3 rings (SSSR count). The Bertz CT molecular complexity index is 1010. The van der Waals surface area contributed by atoms with E-state index in [1.807, 2.05) is 30.3 Å². The fourth-order valence-electron chi connectivity index (χ4n) is 2.84. The number of hydrogen-bond acceptors (Lipinski definition) is 3. The van der Waals surface area contributed by atoms with Crippen LogP contribution >= 0.6 is 0 Å². The largest absolute Gasteiger partial charge is 0.457 e. The Labute approximate surface area is 180 Å². The Balaban J connectivity index is 1.75. The third-order valence-corrected chi connectivity index (χ3v) is 4.47. The Morgan fingerprint density at radius 2 is 1.55 bits per heavy atom. The van der Waals surface area contributed by atoms with Gasteiger partial charge in [0.05, 0.1) is 5.69 Å². The number of para-hydroxylation sites is 2. The molecule has 0 saturated carbocycles. The monoisotopic (exact) mass is 421 g/mol. The number of rotatable bonds is 8. The standard InChI is InChI=1S/C24H24FN3O3/c1-2-23(29)26-16-17-28(24(30)27-22-11-7-6-10-21(22)25)18-12-14-20(15-13-18)31-19-8-4-3-5-9-19/h3-15H,2,16-17H2,1H3,(H,26,29)(H,27,30). The molecule has 0 fully saturated rings. The van der Waals surface area contributed by atoms with Crippen LogP contribution in [0.3, 0.4) is 0 Å². The second-order valence-corrected chi connectivity index (χ2v) is 6.67. The summed E-state index contributed by atoms with van der Waals surface area (Å²) < 4.78 is 19.8. The molecule has 31 heavy (non-hydrogen) atoms. The summed E-state index contributed by atoms with van der Waals surface area (Å²) >= 11 is 0. The highest BCUT2D eigenvalue weighted by molar-refractivity contribution is 6.01. The Kier molecular flexibility index (Phi) is 7.59. The van der Waals surface area contributed by atoms with Crippen molar-refractivity contribution in [3.8, 4) is 11.5 Å². The van der Waals surface area contributed by atoms with E-state index in [9.17, 15) is 14.0 Å². The minimum atomic E-state index is -0.526. The van der Waals surface area contributed by atoms with Crippen LogP contribution < -0.4 is 20.3 Å². The molecule has 0 aliphatic carbocycles. The molecule has 0 saturated heterocycles. The Hall–Kier alpha value is -3.87. The molecule has 3 aromatic rings. The molecule has 0 heterocycles. The van der Waals surface area contributed by atoms with Gasteiger partial charge in [0, 0.05) is 25.2 Å². The van der Waals surface area contributed by atoms with Gasteiger partial charge in [0.1, 0.15) is 17.3 Å². The van der Waals surface area contributed by atoms with Crippen LogP contribution in [0.25, 0.3) is 0 Å². The summed E-state index contributed by atoms with van der Waals surface area (Å²) in [7, 11) is 0. The number of ether oxygens (including phenoxy) is 1. The number of nitrogens with one attached hydrogen (secondary N) is 2. The molecule has 0 bridgehead atoms. The van der Waals surface area contributed by atoms with Gasteiger partial charge in [-0.1, -0.05) is 37.3 Å². The molecule has 0 atom stereocenters. The van der Waals surface area contributed by atoms with Gasteiger partial charge < -0.3 is 15.4 Å². The lowest BCUT2D eigenvalue weighted by atomic mass is 10.2. The smallest absolute Gasteiger partial charge is 0.326 e. The number of halogens is 1. The van der Waals surface area contributed by atoms with Gasteiger partial charge in [0.2, 0.25) is 5.91 Å². The van der Waals surface area contributed by atoms with Crippen molar-refractivity contribution in [2.45, 2.75) is 13.3 Å². The number of carbonyl (C=O) groups is 2. The van der Waals surface area contributed by atoms with Gasteiger partial charge in [-0.3, -0.25) is 9.69 Å². The molecule has 3 amide bonds. The van der Waals surface area contributed by atoms with Crippen molar-refractivity contribution in [2.24, 2.45) is 0 Å². The summed E-state index contributed by atoms with van der Waals surface area (Å²) in [6.07, 6.45) is 0.354. The topological polar surface area (TPSA) is 70.7 Å². The zero-order valence-electron chi connectivity index (χ0n) is 17.2. The highest BCUT2D eigenvalue weighted by Gasteiger charge is 2.17. The predicted octanol–water partition coefficient (Wildman–Crippen LogP) is 5.18. The molecule has 6 nitrogen and oxygen atoms in total. The summed E-state index contributed by atoms with van der Waals surface area (Å²) in [4.78, 5) is 25.9. The van der Waals surface area contributed by atoms with E-state index in [1.165, 1.54) is 17.0 Å². The first-order chi connectivity index (χ1) is 15.1. The number of urea groups is 1. The number of nitrogens with zero attached hydrogens (tertiary/aromatic N) is 1. The summed E-state index contributed by atoms with van der Waals surface area (Å²) in [5.74, 6) is 0.679. The maximum Gasteiger partial charge on any atom is 0.326 e. The molecule has 160 valence electrons. The van der Waals surface area contributed by atoms with Crippen molar-refractivity contribution >= 4 is 23.3 Å². The zero-order chi connectivity index (χ0) is 22.1. The van der Waals surface area contributed by atoms with E-state index in [2.05, 4.69) is 10.6 Å². The van der Waals surface area contributed by atoms with Gasteiger partial charge in [0.15, 0.2) is 0 Å². The van der Waals surface area contributed by atoms with Crippen LogP contribution in [0.15, 0.2) is 78.9 Å². The summed E-state index contributed by atoms with van der Waals surface area (Å²) in [5, 5.41) is 5.33. The first-order valence-electron chi connectivity index (χ1n) is 9.99. The van der Waals surface area contributed by atoms with Crippen LogP contribution in [0.2, 0.25) is 0 Å². The van der Waals surface area contributed by atoms with Crippen molar-refractivity contribution in [1.82, 2.24) is 5.32 Å². The number of benzene rings is 3. The molecule has 7 heteroatoms. The molecular formula is C24H24FN3O3. The van der Waals surface area contributed by atoms with E-state index in [-0.39, 0.29) is 24.7 Å². The molecular weight excluding hydrogens is 397 g/mol. The molecule has 2 N–H and O–H groups in total. The average molecular weight is 421 g/mol. The van der Waals surface area contributed by atoms with Crippen molar-refractivity contribution in [3.63, 3.8) is 0 Å². The highest BCUT2D eigenvalue weighted by atomic mass is 19.1. The number of amides is 3. The Morgan fingerprint density at radius 1 is 0.903 bits per heavy atom. The molecule has 0 aromatic heterocycles. The van der Waals surface area contributed by atoms with E-state index in [0.717, 1.165) is 0 Å². The van der Waals surface area contributed by atoms with E-state index in [1.54, 1.807) is 43.3 Å². The minimum absolute atomic E-state index is 0.0825. The van der Waals surface area contributed by atoms with Crippen LogP contribution in [0, 0.1) is 5.82 Å². The number of carbonyl (C=O) groups excluding carboxylic acids is 2. The average Bonchev–Trinajstić information content (AvgIpc) is 2.79. The van der Waals surface area contributed by atoms with E-state index in [0.29, 0.717) is 23.6 Å². The highest BCUT2D eigenvalue weighted by Crippen LogP contribution is 2.25. The van der Waals surface area contributed by atoms with Crippen molar-refractivity contribution in [2.75, 3.05) is 23.3 Å². The van der Waals surface area contributed by atoms with Crippen molar-refractivity contribution in [3.05, 3.63) is 84.7 Å². The molecule has 0 unspecified atom stereocenters. The predicted molar refractivity (Wildman–Crippen MR) is 119 cm³/mol. The van der Waals surface area contributed by atoms with Gasteiger partial charge in [-0.05, 0) is 48.5 Å². The molecule has 3 aromatic carbocycles. The van der Waals surface area contributed by atoms with Crippen LogP contribution in [0.5, 0.6) is 11.5 Å². The van der Waals surface area contributed by atoms with E-state index < -0.39 is 11.8 Å². The molecule has 0 spiro atoms. The van der Waals surface area contributed by atoms with E-state index in [4.69, 9.17) is 4.74 Å². The van der Waals surface area contributed by atoms with Crippen LogP contribution in [-0.2, 0) is 4.79 Å². The normalized spacial score (nSPS) is 10.3. The fraction of sp³-hybridized carbons (Fsp3) is 0.167. The van der Waals surface area contributed by atoms with Crippen LogP contribution in [0.4, 0.5) is 20.6 Å². The molecule has 0 aliphatic rings. The maximum absolute atomic E-state index is 14.0. The van der Waals surface area contributed by atoms with Crippen molar-refractivity contribution < 1.29 is 18.7 Å². The third kappa shape index (κ3) is 6.30. The van der Waals surface area contributed by atoms with Gasteiger partial charge in [0.25, 0.3) is 0 Å². The third-order valence-electron chi connectivity index (χ3n) is 4.47.